The maximum absolute atomic E-state index is 5.22. The van der Waals surface area contributed by atoms with Gasteiger partial charge in [-0.3, -0.25) is 4.99 Å². The second-order valence-corrected chi connectivity index (χ2v) is 7.01. The molecule has 0 aliphatic heterocycles. The minimum atomic E-state index is 0.557. The molecule has 2 aliphatic carbocycles. The number of hydrogen-bond donors (Lipinski definition) is 1. The normalized spacial score (nSPS) is 19.3. The molecule has 23 heavy (non-hydrogen) atoms. The van der Waals surface area contributed by atoms with Gasteiger partial charge in [-0.2, -0.15) is 0 Å². The molecule has 0 amide bonds. The number of nitrogens with zero attached hydrogens (tertiary/aromatic N) is 2. The van der Waals surface area contributed by atoms with Crippen LogP contribution in [0.1, 0.15) is 38.2 Å². The zero-order chi connectivity index (χ0) is 16.3. The molecule has 4 nitrogen and oxygen atoms in total. The Hall–Kier alpha value is -1.71. The van der Waals surface area contributed by atoms with E-state index >= 15 is 0 Å². The molecule has 4 heteroatoms. The molecule has 126 valence electrons. The number of hydrogen-bond acceptors (Lipinski definition) is 2. The number of methoxy groups -OCH3 is 1. The lowest BCUT2D eigenvalue weighted by atomic mass is 10.0. The average Bonchev–Trinajstić information content (AvgIpc) is 3.45. The van der Waals surface area contributed by atoms with Gasteiger partial charge in [0.05, 0.1) is 7.11 Å². The summed E-state index contributed by atoms with van der Waals surface area (Å²) in [5.41, 5.74) is 1.82. The van der Waals surface area contributed by atoms with Crippen LogP contribution in [-0.2, 0) is 6.54 Å². The van der Waals surface area contributed by atoms with Crippen LogP contribution in [0.5, 0.6) is 5.75 Å². The van der Waals surface area contributed by atoms with E-state index in [0.29, 0.717) is 5.41 Å². The van der Waals surface area contributed by atoms with Gasteiger partial charge in [0.25, 0.3) is 0 Å². The van der Waals surface area contributed by atoms with E-state index in [1.165, 1.54) is 31.2 Å². The Morgan fingerprint density at radius 2 is 2.00 bits per heavy atom. The molecule has 0 aromatic heterocycles. The molecular formula is C19H29N3O. The first-order chi connectivity index (χ1) is 11.2. The quantitative estimate of drug-likeness (QED) is 0.620. The molecule has 0 heterocycles. The van der Waals surface area contributed by atoms with E-state index in [4.69, 9.17) is 9.73 Å². The molecule has 0 unspecified atom stereocenters. The second-order valence-electron chi connectivity index (χ2n) is 7.01. The van der Waals surface area contributed by atoms with Gasteiger partial charge in [0.15, 0.2) is 5.96 Å². The predicted octanol–water partition coefficient (Wildman–Crippen LogP) is 3.28. The Balaban J connectivity index is 1.61. The van der Waals surface area contributed by atoms with E-state index in [0.717, 1.165) is 37.3 Å². The molecular weight excluding hydrogens is 286 g/mol. The van der Waals surface area contributed by atoms with E-state index in [1.807, 2.05) is 12.1 Å². The third-order valence-corrected chi connectivity index (χ3v) is 5.15. The molecule has 0 saturated heterocycles. The summed E-state index contributed by atoms with van der Waals surface area (Å²) in [6, 6.07) is 8.26. The molecule has 0 atom stereocenters. The Morgan fingerprint density at radius 1 is 1.30 bits per heavy atom. The average molecular weight is 315 g/mol. The van der Waals surface area contributed by atoms with Gasteiger partial charge in [0, 0.05) is 26.7 Å². The van der Waals surface area contributed by atoms with Crippen molar-refractivity contribution in [2.75, 3.05) is 27.2 Å². The summed E-state index contributed by atoms with van der Waals surface area (Å²) >= 11 is 0. The van der Waals surface area contributed by atoms with Crippen LogP contribution < -0.4 is 10.1 Å². The number of ether oxygens (including phenoxy) is 1. The highest BCUT2D eigenvalue weighted by atomic mass is 16.5. The van der Waals surface area contributed by atoms with Gasteiger partial charge in [-0.15, -0.1) is 0 Å². The topological polar surface area (TPSA) is 36.9 Å². The molecule has 0 bridgehead atoms. The number of aliphatic imine (C=N–C) groups is 1. The number of guanidine groups is 1. The minimum absolute atomic E-state index is 0.557. The number of nitrogens with one attached hydrogen (secondary N) is 1. The third-order valence-electron chi connectivity index (χ3n) is 5.15. The highest BCUT2D eigenvalue weighted by Gasteiger charge is 2.53. The van der Waals surface area contributed by atoms with Gasteiger partial charge in [-0.05, 0) is 61.6 Å². The lowest BCUT2D eigenvalue weighted by Crippen LogP contribution is -2.39. The molecule has 3 rings (SSSR count). The van der Waals surface area contributed by atoms with Crippen LogP contribution in [-0.4, -0.2) is 38.1 Å². The highest BCUT2D eigenvalue weighted by molar-refractivity contribution is 5.79. The fourth-order valence-electron chi connectivity index (χ4n) is 3.33. The van der Waals surface area contributed by atoms with Crippen LogP contribution >= 0.6 is 0 Å². The van der Waals surface area contributed by atoms with Gasteiger partial charge < -0.3 is 15.0 Å². The Morgan fingerprint density at radius 3 is 2.52 bits per heavy atom. The van der Waals surface area contributed by atoms with Crippen LogP contribution in [0.2, 0.25) is 0 Å². The van der Waals surface area contributed by atoms with Crippen LogP contribution in [0.3, 0.4) is 0 Å². The van der Waals surface area contributed by atoms with Crippen LogP contribution in [0.25, 0.3) is 0 Å². The molecule has 2 aliphatic rings. The first-order valence-corrected chi connectivity index (χ1v) is 8.79. The highest BCUT2D eigenvalue weighted by Crippen LogP contribution is 2.61. The largest absolute Gasteiger partial charge is 0.497 e. The second kappa shape index (κ2) is 6.81. The van der Waals surface area contributed by atoms with Gasteiger partial charge in [0.1, 0.15) is 5.75 Å². The zero-order valence-corrected chi connectivity index (χ0v) is 14.6. The summed E-state index contributed by atoms with van der Waals surface area (Å²) in [5, 5.41) is 3.44. The van der Waals surface area contributed by atoms with E-state index < -0.39 is 0 Å². The van der Waals surface area contributed by atoms with Crippen LogP contribution in [0.15, 0.2) is 29.3 Å². The van der Waals surface area contributed by atoms with E-state index in [-0.39, 0.29) is 0 Å². The summed E-state index contributed by atoms with van der Waals surface area (Å²) in [6.45, 7) is 4.88. The summed E-state index contributed by atoms with van der Waals surface area (Å²) in [4.78, 5) is 7.16. The van der Waals surface area contributed by atoms with Crippen molar-refractivity contribution < 1.29 is 4.74 Å². The Bertz CT molecular complexity index is 544. The molecule has 1 N–H and O–H groups in total. The SMILES string of the molecule is CCNC(=NCC1(C2CC2)CC1)N(C)Cc1ccc(OC)cc1. The fraction of sp³-hybridized carbons (Fsp3) is 0.632. The minimum Gasteiger partial charge on any atom is -0.497 e. The van der Waals surface area contributed by atoms with Crippen molar-refractivity contribution in [3.05, 3.63) is 29.8 Å². The standard InChI is InChI=1S/C19H29N3O/c1-4-20-18(21-14-19(11-12-19)16-7-8-16)22(2)13-15-5-9-17(23-3)10-6-15/h5-6,9-10,16H,4,7-8,11-14H2,1-3H3,(H,20,21). The molecule has 0 radical (unpaired) electrons. The monoisotopic (exact) mass is 315 g/mol. The van der Waals surface area contributed by atoms with E-state index in [1.54, 1.807) is 7.11 Å². The molecule has 1 aromatic carbocycles. The molecule has 0 spiro atoms. The van der Waals surface area contributed by atoms with Gasteiger partial charge in [-0.1, -0.05) is 12.1 Å². The number of benzene rings is 1. The first kappa shape index (κ1) is 16.2. The van der Waals surface area contributed by atoms with Crippen molar-refractivity contribution in [3.8, 4) is 5.75 Å². The molecule has 2 saturated carbocycles. The predicted molar refractivity (Wildman–Crippen MR) is 94.8 cm³/mol. The van der Waals surface area contributed by atoms with E-state index in [2.05, 4.69) is 36.3 Å². The van der Waals surface area contributed by atoms with Gasteiger partial charge >= 0.3 is 0 Å². The fourth-order valence-corrected chi connectivity index (χ4v) is 3.33. The Kier molecular flexibility index (Phi) is 4.79. The summed E-state index contributed by atoms with van der Waals surface area (Å²) in [5.74, 6) is 2.88. The van der Waals surface area contributed by atoms with Crippen LogP contribution in [0.4, 0.5) is 0 Å². The third kappa shape index (κ3) is 3.98. The van der Waals surface area contributed by atoms with Crippen molar-refractivity contribution in [2.45, 2.75) is 39.2 Å². The smallest absolute Gasteiger partial charge is 0.193 e. The van der Waals surface area contributed by atoms with Gasteiger partial charge in [-0.25, -0.2) is 0 Å². The van der Waals surface area contributed by atoms with Crippen molar-refractivity contribution in [1.82, 2.24) is 10.2 Å². The van der Waals surface area contributed by atoms with E-state index in [9.17, 15) is 0 Å². The first-order valence-electron chi connectivity index (χ1n) is 8.79. The summed E-state index contributed by atoms with van der Waals surface area (Å²) in [6.07, 6.45) is 5.60. The maximum Gasteiger partial charge on any atom is 0.193 e. The molecule has 1 aromatic rings. The summed E-state index contributed by atoms with van der Waals surface area (Å²) < 4.78 is 5.22. The maximum atomic E-state index is 5.22. The van der Waals surface area contributed by atoms with Gasteiger partial charge in [0.2, 0.25) is 0 Å². The summed E-state index contributed by atoms with van der Waals surface area (Å²) in [7, 11) is 3.81. The lowest BCUT2D eigenvalue weighted by Gasteiger charge is -2.23. The van der Waals surface area contributed by atoms with Crippen molar-refractivity contribution >= 4 is 5.96 Å². The van der Waals surface area contributed by atoms with Crippen molar-refractivity contribution in [2.24, 2.45) is 16.3 Å². The lowest BCUT2D eigenvalue weighted by molar-refractivity contribution is 0.413. The number of rotatable bonds is 7. The zero-order valence-electron chi connectivity index (χ0n) is 14.6. The molecule has 2 fully saturated rings. The van der Waals surface area contributed by atoms with Crippen LogP contribution in [0, 0.1) is 11.3 Å². The van der Waals surface area contributed by atoms with Crippen molar-refractivity contribution in [1.29, 1.82) is 0 Å². The van der Waals surface area contributed by atoms with Crippen molar-refractivity contribution in [3.63, 3.8) is 0 Å². The Labute approximate surface area is 139 Å².